The van der Waals surface area contributed by atoms with Gasteiger partial charge in [0, 0.05) is 76.3 Å². The number of hydrogen-bond acceptors (Lipinski definition) is 10. The number of amides is 2. The van der Waals surface area contributed by atoms with Gasteiger partial charge in [-0.3, -0.25) is 4.68 Å². The number of carbonyl (C=O) groups excluding carboxylic acids is 1. The van der Waals surface area contributed by atoms with E-state index in [1.807, 2.05) is 0 Å². The lowest BCUT2D eigenvalue weighted by Crippen LogP contribution is -2.51. The molecule has 3 aromatic rings. The molecule has 1 aliphatic carbocycles. The molecule has 3 aromatic heterocycles. The van der Waals surface area contributed by atoms with Crippen LogP contribution in [-0.4, -0.2) is 86.1 Å². The van der Waals surface area contributed by atoms with Crippen molar-refractivity contribution in [2.45, 2.75) is 25.0 Å². The molecule has 0 aromatic carbocycles. The summed E-state index contributed by atoms with van der Waals surface area (Å²) in [6, 6.07) is 1.68. The second-order valence-electron chi connectivity index (χ2n) is 8.63. The lowest BCUT2D eigenvalue weighted by molar-refractivity contribution is 0.0431. The molecular formula is C22H28N10O3. The summed E-state index contributed by atoms with van der Waals surface area (Å²) in [5.41, 5.74) is 7.67. The third-order valence-electron chi connectivity index (χ3n) is 6.13. The Morgan fingerprint density at radius 3 is 2.63 bits per heavy atom. The molecule has 0 bridgehead atoms. The molecule has 0 unspecified atom stereocenters. The Kier molecular flexibility index (Phi) is 6.31. The Morgan fingerprint density at radius 1 is 1.20 bits per heavy atom. The van der Waals surface area contributed by atoms with E-state index in [-0.39, 0.29) is 24.1 Å². The number of anilines is 3. The minimum Gasteiger partial charge on any atom is -0.474 e. The van der Waals surface area contributed by atoms with Crippen LogP contribution in [0.1, 0.15) is 12.8 Å². The van der Waals surface area contributed by atoms with E-state index in [2.05, 4.69) is 30.3 Å². The van der Waals surface area contributed by atoms with Gasteiger partial charge in [-0.15, -0.1) is 0 Å². The van der Waals surface area contributed by atoms with E-state index in [0.717, 1.165) is 5.56 Å². The fourth-order valence-electron chi connectivity index (χ4n) is 3.98. The van der Waals surface area contributed by atoms with Gasteiger partial charge in [-0.25, -0.2) is 19.7 Å². The Balaban J connectivity index is 1.26. The summed E-state index contributed by atoms with van der Waals surface area (Å²) >= 11 is 0. The first-order valence-electron chi connectivity index (χ1n) is 11.4. The van der Waals surface area contributed by atoms with E-state index < -0.39 is 0 Å². The summed E-state index contributed by atoms with van der Waals surface area (Å²) < 4.78 is 13.3. The highest BCUT2D eigenvalue weighted by Gasteiger charge is 2.36. The molecule has 5 rings (SSSR count). The molecule has 2 aliphatic rings. The normalized spacial score (nSPS) is 19.7. The monoisotopic (exact) mass is 480 g/mol. The molecule has 35 heavy (non-hydrogen) atoms. The molecule has 13 heteroatoms. The lowest BCUT2D eigenvalue weighted by Gasteiger charge is -2.40. The smallest absolute Gasteiger partial charge is 0.321 e. The molecule has 1 saturated carbocycles. The summed E-state index contributed by atoms with van der Waals surface area (Å²) in [5, 5.41) is 6.92. The molecule has 1 saturated heterocycles. The van der Waals surface area contributed by atoms with Crippen LogP contribution in [-0.2, 0) is 11.8 Å². The quantitative estimate of drug-likeness (QED) is 0.526. The number of ether oxygens (including phenoxy) is 2. The van der Waals surface area contributed by atoms with Crippen molar-refractivity contribution in [3.63, 3.8) is 0 Å². The SMILES string of the molecule is CN(C(=O)Nc1cnn(C)c1)C1CC(Oc2cc(-c3cnc(N)nc3)nc(N3CCOCC3)n2)C1. The van der Waals surface area contributed by atoms with Crippen LogP contribution in [0.4, 0.5) is 22.4 Å². The number of nitrogen functional groups attached to an aromatic ring is 1. The summed E-state index contributed by atoms with van der Waals surface area (Å²) in [5.74, 6) is 1.24. The van der Waals surface area contributed by atoms with E-state index >= 15 is 0 Å². The van der Waals surface area contributed by atoms with Crippen LogP contribution in [0.15, 0.2) is 30.9 Å². The molecular weight excluding hydrogens is 452 g/mol. The highest BCUT2D eigenvalue weighted by atomic mass is 16.5. The Hall–Kier alpha value is -4.00. The molecule has 2 fully saturated rings. The molecule has 2 amide bonds. The molecule has 0 atom stereocenters. The summed E-state index contributed by atoms with van der Waals surface area (Å²) in [7, 11) is 3.59. The number of nitrogens with one attached hydrogen (secondary N) is 1. The largest absolute Gasteiger partial charge is 0.474 e. The number of rotatable bonds is 6. The minimum absolute atomic E-state index is 0.0587. The summed E-state index contributed by atoms with van der Waals surface area (Å²) in [4.78, 5) is 33.8. The first-order chi connectivity index (χ1) is 16.9. The van der Waals surface area contributed by atoms with Gasteiger partial charge in [-0.1, -0.05) is 0 Å². The topological polar surface area (TPSA) is 149 Å². The number of nitrogens with zero attached hydrogens (tertiary/aromatic N) is 8. The molecule has 1 aliphatic heterocycles. The molecule has 3 N–H and O–H groups in total. The van der Waals surface area contributed by atoms with Crippen LogP contribution in [0.2, 0.25) is 0 Å². The van der Waals surface area contributed by atoms with Crippen molar-refractivity contribution in [2.75, 3.05) is 49.3 Å². The maximum atomic E-state index is 12.5. The van der Waals surface area contributed by atoms with E-state index in [9.17, 15) is 4.79 Å². The van der Waals surface area contributed by atoms with E-state index in [1.165, 1.54) is 0 Å². The zero-order valence-corrected chi connectivity index (χ0v) is 19.7. The fraction of sp³-hybridized carbons (Fsp3) is 0.455. The standard InChI is InChI=1S/C22H28N10O3/c1-30-13-15(12-26-30)27-22(33)31(2)16-7-17(8-16)35-19-9-18(14-10-24-20(23)25-11-14)28-21(29-19)32-3-5-34-6-4-32/h9-13,16-17H,3-8H2,1-2H3,(H,27,33)(H2,23,24,25). The average Bonchev–Trinajstić information content (AvgIpc) is 3.26. The Bertz CT molecular complexity index is 1170. The van der Waals surface area contributed by atoms with Crippen molar-refractivity contribution in [2.24, 2.45) is 7.05 Å². The van der Waals surface area contributed by atoms with Gasteiger partial charge in [0.2, 0.25) is 17.8 Å². The van der Waals surface area contributed by atoms with Crippen LogP contribution < -0.4 is 20.7 Å². The maximum Gasteiger partial charge on any atom is 0.321 e. The predicted octanol–water partition coefficient (Wildman–Crippen LogP) is 1.16. The molecule has 0 radical (unpaired) electrons. The van der Waals surface area contributed by atoms with Crippen molar-refractivity contribution >= 4 is 23.6 Å². The molecule has 13 nitrogen and oxygen atoms in total. The van der Waals surface area contributed by atoms with Gasteiger partial charge in [0.05, 0.1) is 30.8 Å². The van der Waals surface area contributed by atoms with Crippen LogP contribution in [0, 0.1) is 0 Å². The lowest BCUT2D eigenvalue weighted by atomic mass is 9.88. The van der Waals surface area contributed by atoms with Gasteiger partial charge in [-0.2, -0.15) is 10.1 Å². The van der Waals surface area contributed by atoms with Gasteiger partial charge >= 0.3 is 6.03 Å². The minimum atomic E-state index is -0.177. The zero-order valence-electron chi connectivity index (χ0n) is 19.7. The second-order valence-corrected chi connectivity index (χ2v) is 8.63. The van der Waals surface area contributed by atoms with Gasteiger partial charge in [0.1, 0.15) is 6.10 Å². The first-order valence-corrected chi connectivity index (χ1v) is 11.4. The highest BCUT2D eigenvalue weighted by molar-refractivity contribution is 5.89. The average molecular weight is 481 g/mol. The van der Waals surface area contributed by atoms with Crippen molar-refractivity contribution < 1.29 is 14.3 Å². The molecule has 4 heterocycles. The van der Waals surface area contributed by atoms with Crippen LogP contribution in [0.25, 0.3) is 11.3 Å². The molecule has 0 spiro atoms. The van der Waals surface area contributed by atoms with E-state index in [1.54, 1.807) is 54.5 Å². The zero-order chi connectivity index (χ0) is 24.4. The van der Waals surface area contributed by atoms with Crippen LogP contribution in [0.3, 0.4) is 0 Å². The summed E-state index contributed by atoms with van der Waals surface area (Å²) in [6.45, 7) is 2.63. The number of aryl methyl sites for hydroxylation is 1. The Labute approximate surface area is 202 Å². The number of aromatic nitrogens is 6. The van der Waals surface area contributed by atoms with E-state index in [4.69, 9.17) is 20.2 Å². The number of morpholine rings is 1. The first kappa shape index (κ1) is 22.8. The maximum absolute atomic E-state index is 12.5. The highest BCUT2D eigenvalue weighted by Crippen LogP contribution is 2.31. The van der Waals surface area contributed by atoms with Gasteiger partial charge < -0.3 is 30.3 Å². The fourth-order valence-corrected chi connectivity index (χ4v) is 3.98. The number of hydrogen-bond donors (Lipinski definition) is 2. The van der Waals surface area contributed by atoms with Crippen molar-refractivity contribution in [3.8, 4) is 17.1 Å². The third-order valence-corrected chi connectivity index (χ3v) is 6.13. The predicted molar refractivity (Wildman–Crippen MR) is 128 cm³/mol. The van der Waals surface area contributed by atoms with E-state index in [0.29, 0.717) is 62.4 Å². The number of carbonyl (C=O) groups is 1. The second kappa shape index (κ2) is 9.70. The van der Waals surface area contributed by atoms with Crippen LogP contribution >= 0.6 is 0 Å². The van der Waals surface area contributed by atoms with Gasteiger partial charge in [-0.05, 0) is 0 Å². The number of nitrogens with two attached hydrogens (primary N) is 1. The molecule has 184 valence electrons. The summed E-state index contributed by atoms with van der Waals surface area (Å²) in [6.07, 6.45) is 7.98. The van der Waals surface area contributed by atoms with Gasteiger partial charge in [0.25, 0.3) is 0 Å². The third kappa shape index (κ3) is 5.24. The van der Waals surface area contributed by atoms with Crippen molar-refractivity contribution in [1.82, 2.24) is 34.6 Å². The van der Waals surface area contributed by atoms with Crippen LogP contribution in [0.5, 0.6) is 5.88 Å². The van der Waals surface area contributed by atoms with Crippen molar-refractivity contribution in [3.05, 3.63) is 30.9 Å². The number of urea groups is 1. The van der Waals surface area contributed by atoms with Crippen molar-refractivity contribution in [1.29, 1.82) is 0 Å². The Morgan fingerprint density at radius 2 is 1.94 bits per heavy atom. The van der Waals surface area contributed by atoms with Gasteiger partial charge in [0.15, 0.2) is 0 Å².